The second-order valence-corrected chi connectivity index (χ2v) is 11.7. The van der Waals surface area contributed by atoms with E-state index in [0.29, 0.717) is 5.16 Å². The molecule has 0 spiro atoms. The molecular formula is C26H27PS. The van der Waals surface area contributed by atoms with Crippen LogP contribution < -0.4 is 0 Å². The summed E-state index contributed by atoms with van der Waals surface area (Å²) in [5.41, 5.74) is 6.03. The normalized spacial score (nSPS) is 14.2. The molecule has 4 aromatic carbocycles. The van der Waals surface area contributed by atoms with Crippen molar-refractivity contribution in [2.75, 3.05) is 0 Å². The molecule has 1 aliphatic rings. The Morgan fingerprint density at radius 2 is 1.04 bits per heavy atom. The van der Waals surface area contributed by atoms with Crippen LogP contribution in [0.4, 0.5) is 0 Å². The summed E-state index contributed by atoms with van der Waals surface area (Å²) in [6.07, 6.45) is 2.42. The Morgan fingerprint density at radius 3 is 1.46 bits per heavy atom. The zero-order valence-corrected chi connectivity index (χ0v) is 18.7. The second-order valence-electron chi connectivity index (χ2n) is 8.67. The van der Waals surface area contributed by atoms with E-state index in [1.54, 1.807) is 0 Å². The zero-order chi connectivity index (χ0) is 18.6. The van der Waals surface area contributed by atoms with Gasteiger partial charge in [-0.1, -0.05) is 101 Å². The molecule has 1 aliphatic heterocycles. The largest absolute Gasteiger partial charge is 0.197 e. The molecule has 0 unspecified atom stereocenters. The summed E-state index contributed by atoms with van der Waals surface area (Å²) in [7, 11) is -0.123. The van der Waals surface area contributed by atoms with Gasteiger partial charge < -0.3 is 0 Å². The summed E-state index contributed by atoms with van der Waals surface area (Å²) >= 11 is 0. The van der Waals surface area contributed by atoms with E-state index in [4.69, 9.17) is 0 Å². The zero-order valence-electron chi connectivity index (χ0n) is 16.8. The van der Waals surface area contributed by atoms with Crippen molar-refractivity contribution in [3.05, 3.63) is 83.9 Å². The lowest BCUT2D eigenvalue weighted by molar-refractivity contribution is 0.777. The molecule has 0 atom stereocenters. The van der Waals surface area contributed by atoms with Crippen molar-refractivity contribution < 1.29 is 0 Å². The van der Waals surface area contributed by atoms with Crippen molar-refractivity contribution in [3.8, 4) is 11.1 Å². The number of fused-ring (bicyclic) bond motifs is 7. The van der Waals surface area contributed by atoms with E-state index in [0.717, 1.165) is 0 Å². The summed E-state index contributed by atoms with van der Waals surface area (Å²) < 4.78 is 0. The van der Waals surface area contributed by atoms with E-state index >= 15 is 0 Å². The third-order valence-electron chi connectivity index (χ3n) is 5.95. The molecule has 28 heavy (non-hydrogen) atoms. The van der Waals surface area contributed by atoms with Gasteiger partial charge in [0.25, 0.3) is 0 Å². The Hall–Kier alpha value is -1.82. The number of rotatable bonds is 0. The monoisotopic (exact) mass is 402 g/mol. The summed E-state index contributed by atoms with van der Waals surface area (Å²) in [6, 6.07) is 27.2. The van der Waals surface area contributed by atoms with Gasteiger partial charge in [-0.2, -0.15) is 13.5 Å². The van der Waals surface area contributed by atoms with Crippen LogP contribution in [0.25, 0.3) is 32.7 Å². The maximum absolute atomic E-state index is 2.42. The maximum Gasteiger partial charge on any atom is -0.00590 e. The Kier molecular flexibility index (Phi) is 5.02. The summed E-state index contributed by atoms with van der Waals surface area (Å²) in [5.74, 6) is 0. The average Bonchev–Trinajstić information content (AvgIpc) is 2.85. The minimum absolute atomic E-state index is 0. The smallest absolute Gasteiger partial charge is 0.00590 e. The van der Waals surface area contributed by atoms with Gasteiger partial charge in [-0.25, -0.2) is 0 Å². The summed E-state index contributed by atoms with van der Waals surface area (Å²) in [5, 5.41) is 5.84. The maximum atomic E-state index is 2.42. The minimum atomic E-state index is -0.123. The standard InChI is InChI=1S/C26H25P.H2S/c1-26(2,3)27-16-20-14-12-18-8-4-6-10-22(18)24(20)25-21(17-27)15-13-19-9-5-7-11-23(19)25;/h4-15H,16-17H2,1-3H3;1H2. The molecule has 0 radical (unpaired) electrons. The molecular weight excluding hydrogens is 375 g/mol. The molecule has 0 amide bonds. The van der Waals surface area contributed by atoms with Gasteiger partial charge in [0.15, 0.2) is 0 Å². The van der Waals surface area contributed by atoms with Crippen molar-refractivity contribution in [1.29, 1.82) is 0 Å². The quantitative estimate of drug-likeness (QED) is 0.261. The van der Waals surface area contributed by atoms with Gasteiger partial charge in [0.2, 0.25) is 0 Å². The van der Waals surface area contributed by atoms with E-state index in [9.17, 15) is 0 Å². The van der Waals surface area contributed by atoms with E-state index < -0.39 is 0 Å². The lowest BCUT2D eigenvalue weighted by Gasteiger charge is -2.31. The fraction of sp³-hybridized carbons (Fsp3) is 0.231. The van der Waals surface area contributed by atoms with Crippen LogP contribution >= 0.6 is 21.4 Å². The van der Waals surface area contributed by atoms with Crippen LogP contribution in [-0.4, -0.2) is 5.16 Å². The van der Waals surface area contributed by atoms with Crippen LogP contribution in [0.5, 0.6) is 0 Å². The highest BCUT2D eigenvalue weighted by molar-refractivity contribution is 7.59. The minimum Gasteiger partial charge on any atom is -0.197 e. The molecule has 0 saturated carbocycles. The van der Waals surface area contributed by atoms with Crippen LogP contribution in [-0.2, 0) is 12.3 Å². The first-order valence-corrected chi connectivity index (χ1v) is 11.5. The predicted octanol–water partition coefficient (Wildman–Crippen LogP) is 8.07. The first-order chi connectivity index (χ1) is 13.0. The van der Waals surface area contributed by atoms with Gasteiger partial charge in [0, 0.05) is 0 Å². The molecule has 0 N–H and O–H groups in total. The molecule has 4 aromatic rings. The van der Waals surface area contributed by atoms with Crippen LogP contribution in [0.3, 0.4) is 0 Å². The third kappa shape index (κ3) is 3.15. The van der Waals surface area contributed by atoms with Gasteiger partial charge in [-0.15, -0.1) is 0 Å². The molecule has 0 aliphatic carbocycles. The number of hydrogen-bond donors (Lipinski definition) is 0. The SMILES string of the molecule is CC(C)(C)P1Cc2ccc3ccccc3c2-c2c(ccc3ccccc23)C1.S. The third-order valence-corrected chi connectivity index (χ3v) is 9.29. The van der Waals surface area contributed by atoms with Gasteiger partial charge in [-0.3, -0.25) is 0 Å². The topological polar surface area (TPSA) is 0 Å². The van der Waals surface area contributed by atoms with Gasteiger partial charge in [0.05, 0.1) is 0 Å². The summed E-state index contributed by atoms with van der Waals surface area (Å²) in [6.45, 7) is 7.27. The van der Waals surface area contributed by atoms with Crippen LogP contribution in [0.1, 0.15) is 31.9 Å². The van der Waals surface area contributed by atoms with Crippen LogP contribution in [0.15, 0.2) is 72.8 Å². The molecule has 0 aromatic heterocycles. The number of hydrogen-bond acceptors (Lipinski definition) is 0. The van der Waals surface area contributed by atoms with Crippen molar-refractivity contribution in [1.82, 2.24) is 0 Å². The Bertz CT molecular complexity index is 1080. The molecule has 1 heterocycles. The summed E-state index contributed by atoms with van der Waals surface area (Å²) in [4.78, 5) is 0. The lowest BCUT2D eigenvalue weighted by Crippen LogP contribution is -2.13. The molecule has 0 fully saturated rings. The van der Waals surface area contributed by atoms with Crippen molar-refractivity contribution in [2.24, 2.45) is 0 Å². The fourth-order valence-corrected chi connectivity index (χ4v) is 6.84. The second kappa shape index (κ2) is 7.21. The van der Waals surface area contributed by atoms with Gasteiger partial charge in [-0.05, 0) is 61.3 Å². The molecule has 0 saturated heterocycles. The number of benzene rings is 4. The van der Waals surface area contributed by atoms with Gasteiger partial charge in [0.1, 0.15) is 0 Å². The van der Waals surface area contributed by atoms with Crippen molar-refractivity contribution >= 4 is 43.0 Å². The first kappa shape index (κ1) is 19.5. The lowest BCUT2D eigenvalue weighted by atomic mass is 9.88. The first-order valence-electron chi connectivity index (χ1n) is 9.79. The van der Waals surface area contributed by atoms with E-state index in [1.807, 2.05) is 0 Å². The van der Waals surface area contributed by atoms with E-state index in [1.165, 1.54) is 56.1 Å². The molecule has 5 rings (SSSR count). The molecule has 0 nitrogen and oxygen atoms in total. The Balaban J connectivity index is 0.00000192. The van der Waals surface area contributed by atoms with Crippen LogP contribution in [0.2, 0.25) is 0 Å². The fourth-order valence-electron chi connectivity index (χ4n) is 4.43. The van der Waals surface area contributed by atoms with E-state index in [-0.39, 0.29) is 21.4 Å². The Labute approximate surface area is 176 Å². The van der Waals surface area contributed by atoms with E-state index in [2.05, 4.69) is 93.6 Å². The van der Waals surface area contributed by atoms with Crippen molar-refractivity contribution in [3.63, 3.8) is 0 Å². The van der Waals surface area contributed by atoms with Gasteiger partial charge >= 0.3 is 0 Å². The highest BCUT2D eigenvalue weighted by Gasteiger charge is 2.30. The molecule has 2 heteroatoms. The molecule has 0 bridgehead atoms. The highest BCUT2D eigenvalue weighted by Crippen LogP contribution is 2.59. The Morgan fingerprint density at radius 1 is 0.607 bits per heavy atom. The molecule has 142 valence electrons. The van der Waals surface area contributed by atoms with Crippen molar-refractivity contribution in [2.45, 2.75) is 38.3 Å². The predicted molar refractivity (Wildman–Crippen MR) is 131 cm³/mol. The highest BCUT2D eigenvalue weighted by atomic mass is 32.1. The average molecular weight is 403 g/mol. The van der Waals surface area contributed by atoms with Crippen LogP contribution in [0, 0.1) is 0 Å².